The van der Waals surface area contributed by atoms with Crippen LogP contribution in [0.2, 0.25) is 0 Å². The standard InChI is InChI=1S/C8H20N2.2C2H6/c1-8(2,3)7(10-5)6-9-4;2*1-2/h7,9-10H,6H2,1-5H3;2*1-2H3. The van der Waals surface area contributed by atoms with Gasteiger partial charge >= 0.3 is 0 Å². The minimum Gasteiger partial charge on any atom is -0.318 e. The Labute approximate surface area is 91.9 Å². The summed E-state index contributed by atoms with van der Waals surface area (Å²) in [6, 6.07) is 0.553. The Hall–Kier alpha value is -0.0800. The van der Waals surface area contributed by atoms with Crippen LogP contribution in [0, 0.1) is 5.41 Å². The summed E-state index contributed by atoms with van der Waals surface area (Å²) in [6.07, 6.45) is 0. The van der Waals surface area contributed by atoms with Crippen LogP contribution in [0.3, 0.4) is 0 Å². The van der Waals surface area contributed by atoms with Gasteiger partial charge in [-0.3, -0.25) is 0 Å². The summed E-state index contributed by atoms with van der Waals surface area (Å²) in [5, 5.41) is 6.44. The van der Waals surface area contributed by atoms with Crippen LogP contribution < -0.4 is 10.6 Å². The molecule has 0 aliphatic carbocycles. The third-order valence-electron chi connectivity index (χ3n) is 1.80. The molecular formula is C12H32N2. The van der Waals surface area contributed by atoms with Crippen molar-refractivity contribution in [2.75, 3.05) is 20.6 Å². The Balaban J connectivity index is -0.000000266. The number of rotatable bonds is 3. The van der Waals surface area contributed by atoms with Gasteiger partial charge in [0.2, 0.25) is 0 Å². The van der Waals surface area contributed by atoms with Gasteiger partial charge in [-0.25, -0.2) is 0 Å². The highest BCUT2D eigenvalue weighted by atomic mass is 15.0. The molecule has 0 fully saturated rings. The van der Waals surface area contributed by atoms with Gasteiger partial charge in [-0.1, -0.05) is 48.5 Å². The molecule has 0 aliphatic heterocycles. The molecule has 2 nitrogen and oxygen atoms in total. The SMILES string of the molecule is CC.CC.CNCC(NC)C(C)(C)C. The lowest BCUT2D eigenvalue weighted by Gasteiger charge is -2.30. The maximum atomic E-state index is 3.28. The molecule has 0 spiro atoms. The number of hydrogen-bond donors (Lipinski definition) is 2. The zero-order valence-corrected chi connectivity index (χ0v) is 11.8. The van der Waals surface area contributed by atoms with E-state index in [0.29, 0.717) is 11.5 Å². The van der Waals surface area contributed by atoms with Gasteiger partial charge < -0.3 is 10.6 Å². The molecule has 0 bridgehead atoms. The van der Waals surface area contributed by atoms with Gasteiger partial charge in [0.1, 0.15) is 0 Å². The van der Waals surface area contributed by atoms with Crippen LogP contribution in [0.1, 0.15) is 48.5 Å². The van der Waals surface area contributed by atoms with Crippen molar-refractivity contribution in [2.45, 2.75) is 54.5 Å². The molecule has 0 rings (SSSR count). The van der Waals surface area contributed by atoms with Gasteiger partial charge in [-0.05, 0) is 19.5 Å². The molecule has 0 aromatic heterocycles. The quantitative estimate of drug-likeness (QED) is 0.738. The molecule has 0 amide bonds. The van der Waals surface area contributed by atoms with Crippen LogP contribution in [0.15, 0.2) is 0 Å². The molecule has 1 unspecified atom stereocenters. The fourth-order valence-electron chi connectivity index (χ4n) is 1.05. The van der Waals surface area contributed by atoms with Crippen LogP contribution in [0.25, 0.3) is 0 Å². The smallest absolute Gasteiger partial charge is 0.0237 e. The molecule has 0 aromatic rings. The molecule has 0 aliphatic rings. The zero-order valence-electron chi connectivity index (χ0n) is 11.8. The summed E-state index contributed by atoms with van der Waals surface area (Å²) in [6.45, 7) is 15.8. The van der Waals surface area contributed by atoms with Crippen molar-refractivity contribution in [2.24, 2.45) is 5.41 Å². The molecule has 2 heteroatoms. The van der Waals surface area contributed by atoms with Gasteiger partial charge in [0.05, 0.1) is 0 Å². The van der Waals surface area contributed by atoms with E-state index in [1.54, 1.807) is 0 Å². The van der Waals surface area contributed by atoms with Gasteiger partial charge in [-0.2, -0.15) is 0 Å². The molecule has 90 valence electrons. The van der Waals surface area contributed by atoms with Gasteiger partial charge in [0.25, 0.3) is 0 Å². The number of hydrogen-bond acceptors (Lipinski definition) is 2. The van der Waals surface area contributed by atoms with E-state index in [4.69, 9.17) is 0 Å². The summed E-state index contributed by atoms with van der Waals surface area (Å²) in [5.41, 5.74) is 0.345. The molecule has 0 saturated heterocycles. The minimum absolute atomic E-state index is 0.345. The van der Waals surface area contributed by atoms with E-state index in [1.165, 1.54) is 0 Å². The average molecular weight is 204 g/mol. The third kappa shape index (κ3) is 11.9. The maximum absolute atomic E-state index is 3.28. The van der Waals surface area contributed by atoms with Crippen molar-refractivity contribution in [3.63, 3.8) is 0 Å². The maximum Gasteiger partial charge on any atom is 0.0237 e. The van der Waals surface area contributed by atoms with Crippen LogP contribution >= 0.6 is 0 Å². The fraction of sp³-hybridized carbons (Fsp3) is 1.00. The minimum atomic E-state index is 0.345. The van der Waals surface area contributed by atoms with Crippen molar-refractivity contribution in [1.82, 2.24) is 10.6 Å². The Morgan fingerprint density at radius 3 is 1.36 bits per heavy atom. The Morgan fingerprint density at radius 2 is 1.29 bits per heavy atom. The number of nitrogens with one attached hydrogen (secondary N) is 2. The Morgan fingerprint density at radius 1 is 0.929 bits per heavy atom. The van der Waals surface area contributed by atoms with Crippen molar-refractivity contribution in [3.05, 3.63) is 0 Å². The molecule has 2 N–H and O–H groups in total. The van der Waals surface area contributed by atoms with E-state index >= 15 is 0 Å². The second kappa shape index (κ2) is 12.9. The van der Waals surface area contributed by atoms with Gasteiger partial charge in [0.15, 0.2) is 0 Å². The van der Waals surface area contributed by atoms with Crippen LogP contribution in [-0.2, 0) is 0 Å². The highest BCUT2D eigenvalue weighted by molar-refractivity contribution is 4.80. The average Bonchev–Trinajstić information content (AvgIpc) is 2.18. The van der Waals surface area contributed by atoms with Crippen molar-refractivity contribution < 1.29 is 0 Å². The van der Waals surface area contributed by atoms with E-state index in [1.807, 2.05) is 41.8 Å². The fourth-order valence-corrected chi connectivity index (χ4v) is 1.05. The van der Waals surface area contributed by atoms with E-state index in [-0.39, 0.29) is 0 Å². The predicted molar refractivity (Wildman–Crippen MR) is 68.9 cm³/mol. The first-order chi connectivity index (χ1) is 6.52. The van der Waals surface area contributed by atoms with E-state index in [9.17, 15) is 0 Å². The monoisotopic (exact) mass is 204 g/mol. The van der Waals surface area contributed by atoms with E-state index in [0.717, 1.165) is 6.54 Å². The lowest BCUT2D eigenvalue weighted by molar-refractivity contribution is 0.277. The first-order valence-electron chi connectivity index (χ1n) is 5.84. The van der Waals surface area contributed by atoms with Crippen LogP contribution in [0.4, 0.5) is 0 Å². The Bertz CT molecular complexity index is 84.8. The number of likely N-dealkylation sites (N-methyl/N-ethyl adjacent to an activating group) is 2. The summed E-state index contributed by atoms with van der Waals surface area (Å²) >= 11 is 0. The van der Waals surface area contributed by atoms with E-state index < -0.39 is 0 Å². The first-order valence-corrected chi connectivity index (χ1v) is 5.84. The second-order valence-corrected chi connectivity index (χ2v) is 3.76. The predicted octanol–water partition coefficient (Wildman–Crippen LogP) is 2.89. The lowest BCUT2D eigenvalue weighted by atomic mass is 9.87. The normalized spacial score (nSPS) is 11.8. The highest BCUT2D eigenvalue weighted by Crippen LogP contribution is 2.17. The summed E-state index contributed by atoms with van der Waals surface area (Å²) in [4.78, 5) is 0. The van der Waals surface area contributed by atoms with Gasteiger partial charge in [0, 0.05) is 12.6 Å². The van der Waals surface area contributed by atoms with Crippen molar-refractivity contribution in [3.8, 4) is 0 Å². The summed E-state index contributed by atoms with van der Waals surface area (Å²) < 4.78 is 0. The first kappa shape index (κ1) is 19.5. The summed E-state index contributed by atoms with van der Waals surface area (Å²) in [5.74, 6) is 0. The lowest BCUT2D eigenvalue weighted by Crippen LogP contribution is -2.44. The Kier molecular flexibility index (Phi) is 18.0. The topological polar surface area (TPSA) is 24.1 Å². The molecule has 0 saturated carbocycles. The second-order valence-electron chi connectivity index (χ2n) is 3.76. The van der Waals surface area contributed by atoms with Crippen LogP contribution in [0.5, 0.6) is 0 Å². The van der Waals surface area contributed by atoms with Crippen molar-refractivity contribution in [1.29, 1.82) is 0 Å². The largest absolute Gasteiger partial charge is 0.318 e. The molecule has 0 radical (unpaired) electrons. The molecule has 0 heterocycles. The molecule has 14 heavy (non-hydrogen) atoms. The van der Waals surface area contributed by atoms with Gasteiger partial charge in [-0.15, -0.1) is 0 Å². The summed E-state index contributed by atoms with van der Waals surface area (Å²) in [7, 11) is 3.99. The van der Waals surface area contributed by atoms with E-state index in [2.05, 4.69) is 31.4 Å². The van der Waals surface area contributed by atoms with Crippen molar-refractivity contribution >= 4 is 0 Å². The molecular weight excluding hydrogens is 172 g/mol. The zero-order chi connectivity index (χ0) is 12.2. The molecule has 1 atom stereocenters. The van der Waals surface area contributed by atoms with Crippen LogP contribution in [-0.4, -0.2) is 26.7 Å². The highest BCUT2D eigenvalue weighted by Gasteiger charge is 2.21. The third-order valence-corrected chi connectivity index (χ3v) is 1.80. The molecule has 0 aromatic carbocycles.